The van der Waals surface area contributed by atoms with Gasteiger partial charge in [-0.25, -0.2) is 9.97 Å². The summed E-state index contributed by atoms with van der Waals surface area (Å²) in [6.07, 6.45) is 4.11. The van der Waals surface area contributed by atoms with Gasteiger partial charge in [-0.3, -0.25) is 4.79 Å². The zero-order chi connectivity index (χ0) is 28.6. The number of rotatable bonds is 8. The van der Waals surface area contributed by atoms with Gasteiger partial charge in [-0.05, 0) is 79.4 Å². The summed E-state index contributed by atoms with van der Waals surface area (Å²) < 4.78 is 0. The fraction of sp³-hybridized carbons (Fsp3) is 0.367. The fourth-order valence-electron chi connectivity index (χ4n) is 4.79. The molecule has 0 unspecified atom stereocenters. The fourth-order valence-corrected chi connectivity index (χ4v) is 5.53. The lowest BCUT2D eigenvalue weighted by Crippen LogP contribution is -2.40. The number of aldehydes is 1. The van der Waals surface area contributed by atoms with Crippen molar-refractivity contribution >= 4 is 31.9 Å². The second-order valence-electron chi connectivity index (χ2n) is 11.8. The Kier molecular flexibility index (Phi) is 7.35. The Hall–Kier alpha value is -4.05. The molecule has 39 heavy (non-hydrogen) atoms. The molecule has 0 spiro atoms. The Morgan fingerprint density at radius 1 is 1.23 bits per heavy atom. The van der Waals surface area contributed by atoms with E-state index in [9.17, 15) is 20.1 Å². The highest BCUT2D eigenvalue weighted by Crippen LogP contribution is 2.48. The Bertz CT molecular complexity index is 1530. The summed E-state index contributed by atoms with van der Waals surface area (Å²) in [5.74, 6) is 0.319. The molecule has 4 rings (SSSR count). The Morgan fingerprint density at radius 2 is 1.97 bits per heavy atom. The van der Waals surface area contributed by atoms with Crippen LogP contribution < -0.4 is 10.6 Å². The van der Waals surface area contributed by atoms with Crippen molar-refractivity contribution in [2.75, 3.05) is 17.2 Å². The zero-order valence-electron chi connectivity index (χ0n) is 23.3. The molecule has 3 aromatic rings. The molecule has 8 nitrogen and oxygen atoms in total. The van der Waals surface area contributed by atoms with Crippen molar-refractivity contribution in [1.29, 1.82) is 10.5 Å². The van der Waals surface area contributed by atoms with Crippen LogP contribution in [-0.4, -0.2) is 35.9 Å². The second kappa shape index (κ2) is 10.3. The van der Waals surface area contributed by atoms with E-state index >= 15 is 0 Å². The molecule has 1 aliphatic rings. The summed E-state index contributed by atoms with van der Waals surface area (Å²) >= 11 is 0. The third-order valence-electron chi connectivity index (χ3n) is 8.42. The monoisotopic (exact) mass is 538 g/mol. The minimum absolute atomic E-state index is 0.146. The summed E-state index contributed by atoms with van der Waals surface area (Å²) in [4.78, 5) is 31.3. The van der Waals surface area contributed by atoms with E-state index in [1.54, 1.807) is 31.3 Å². The first-order valence-corrected chi connectivity index (χ1v) is 15.9. The number of carbonyl (C=O) groups excluding carboxylic acids is 1. The number of fused-ring (bicyclic) bond motifs is 1. The van der Waals surface area contributed by atoms with Gasteiger partial charge in [0.15, 0.2) is 8.32 Å². The van der Waals surface area contributed by atoms with Crippen LogP contribution in [0.25, 0.3) is 11.3 Å². The van der Waals surface area contributed by atoms with Gasteiger partial charge in [-0.2, -0.15) is 10.5 Å². The number of carbonyl (C=O) groups is 1. The maximum Gasteiger partial charge on any atom is 0.227 e. The number of hydrogen-bond donors (Lipinski definition) is 3. The molecule has 9 heteroatoms. The van der Waals surface area contributed by atoms with Crippen molar-refractivity contribution in [3.05, 3.63) is 64.3 Å². The first-order valence-electron chi connectivity index (χ1n) is 13.0. The summed E-state index contributed by atoms with van der Waals surface area (Å²) in [5.41, 5.74) is 5.80. The van der Waals surface area contributed by atoms with Gasteiger partial charge in [0, 0.05) is 35.0 Å². The molecule has 0 fully saturated rings. The first kappa shape index (κ1) is 28.0. The average Bonchev–Trinajstić information content (AvgIpc) is 3.24. The van der Waals surface area contributed by atoms with Crippen LogP contribution in [0.3, 0.4) is 0 Å². The molecular formula is C30H34N6O2Si. The number of nitrogens with one attached hydrogen (secondary N) is 2. The Morgan fingerprint density at radius 3 is 2.62 bits per heavy atom. The lowest BCUT2D eigenvalue weighted by atomic mass is 9.77. The van der Waals surface area contributed by atoms with Gasteiger partial charge in [-0.1, -0.05) is 20.8 Å². The van der Waals surface area contributed by atoms with Crippen molar-refractivity contribution < 1.29 is 9.59 Å². The highest BCUT2D eigenvalue weighted by Gasteiger charge is 2.42. The maximum absolute atomic E-state index is 11.5. The third kappa shape index (κ3) is 5.42. The number of nitriles is 2. The van der Waals surface area contributed by atoms with E-state index in [1.165, 1.54) is 0 Å². The highest BCUT2D eigenvalue weighted by molar-refractivity contribution is 6.72. The molecule has 1 atom stereocenters. The van der Waals surface area contributed by atoms with Crippen LogP contribution in [0.4, 0.5) is 17.3 Å². The molecular weight excluding hydrogens is 504 g/mol. The van der Waals surface area contributed by atoms with E-state index in [4.69, 9.17) is 4.98 Å². The van der Waals surface area contributed by atoms with Crippen LogP contribution in [0, 0.1) is 29.6 Å². The minimum atomic E-state index is -2.35. The van der Waals surface area contributed by atoms with Gasteiger partial charge >= 0.3 is 0 Å². The lowest BCUT2D eigenvalue weighted by molar-refractivity contribution is 0.112. The molecule has 2 aromatic carbocycles. The average molecular weight is 539 g/mol. The predicted octanol–water partition coefficient (Wildman–Crippen LogP) is 6.19. The van der Waals surface area contributed by atoms with E-state index in [2.05, 4.69) is 54.6 Å². The van der Waals surface area contributed by atoms with E-state index < -0.39 is 8.32 Å². The summed E-state index contributed by atoms with van der Waals surface area (Å²) in [7, 11) is -2.35. The molecule has 0 saturated heterocycles. The van der Waals surface area contributed by atoms with Crippen LogP contribution in [-0.2, 0) is 5.41 Å². The number of benzene rings is 2. The van der Waals surface area contributed by atoms with E-state index in [1.807, 2.05) is 19.2 Å². The van der Waals surface area contributed by atoms with Crippen LogP contribution in [0.2, 0.25) is 18.1 Å². The number of aromatic nitrogens is 2. The molecule has 3 N–H and O–H groups in total. The molecule has 0 radical (unpaired) electrons. The number of nitrogens with zero attached hydrogens (tertiary/aromatic N) is 4. The third-order valence-corrected chi connectivity index (χ3v) is 12.0. The number of anilines is 3. The van der Waals surface area contributed by atoms with Crippen LogP contribution >= 0.6 is 0 Å². The minimum Gasteiger partial charge on any atom is -0.432 e. The predicted molar refractivity (Wildman–Crippen MR) is 156 cm³/mol. The van der Waals surface area contributed by atoms with Gasteiger partial charge in [0.05, 0.1) is 28.6 Å². The maximum atomic E-state index is 11.5. The molecule has 200 valence electrons. The van der Waals surface area contributed by atoms with Crippen LogP contribution in [0.15, 0.2) is 36.5 Å². The van der Waals surface area contributed by atoms with Gasteiger partial charge < -0.3 is 15.4 Å². The Balaban J connectivity index is 1.70. The van der Waals surface area contributed by atoms with Crippen molar-refractivity contribution in [2.45, 2.75) is 64.1 Å². The second-order valence-corrected chi connectivity index (χ2v) is 16.2. The summed E-state index contributed by atoms with van der Waals surface area (Å²) in [5, 5.41) is 25.8. The van der Waals surface area contributed by atoms with E-state index in [-0.39, 0.29) is 10.5 Å². The van der Waals surface area contributed by atoms with Crippen LogP contribution in [0.5, 0.6) is 0 Å². The van der Waals surface area contributed by atoms with Gasteiger partial charge in [0.1, 0.15) is 12.4 Å². The van der Waals surface area contributed by atoms with Crippen molar-refractivity contribution in [1.82, 2.24) is 9.97 Å². The smallest absolute Gasteiger partial charge is 0.227 e. The van der Waals surface area contributed by atoms with E-state index in [0.29, 0.717) is 46.1 Å². The van der Waals surface area contributed by atoms with Crippen molar-refractivity contribution in [2.24, 2.45) is 0 Å². The topological polar surface area (TPSA) is 135 Å². The molecule has 1 aliphatic heterocycles. The quantitative estimate of drug-likeness (QED) is 0.228. The van der Waals surface area contributed by atoms with Gasteiger partial charge in [0.2, 0.25) is 5.95 Å². The molecule has 2 heterocycles. The van der Waals surface area contributed by atoms with E-state index in [0.717, 1.165) is 35.9 Å². The SMILES string of the molecule is Cc1c(C=O)cc(C#N)cc1Nc1nccc(-c2cc(C#N)c3c(c2)[C@@](C)(CCC(C)(C)[Si](C)(C)O)CN3)n1. The van der Waals surface area contributed by atoms with Gasteiger partial charge in [0.25, 0.3) is 0 Å². The summed E-state index contributed by atoms with van der Waals surface area (Å²) in [6.45, 7) is 13.0. The first-order chi connectivity index (χ1) is 18.3. The highest BCUT2D eigenvalue weighted by atomic mass is 28.4. The van der Waals surface area contributed by atoms with Gasteiger partial charge in [-0.15, -0.1) is 0 Å². The van der Waals surface area contributed by atoms with Crippen molar-refractivity contribution in [3.63, 3.8) is 0 Å². The van der Waals surface area contributed by atoms with Crippen LogP contribution in [0.1, 0.15) is 66.2 Å². The largest absolute Gasteiger partial charge is 0.432 e. The van der Waals surface area contributed by atoms with Crippen molar-refractivity contribution in [3.8, 4) is 23.4 Å². The zero-order valence-corrected chi connectivity index (χ0v) is 24.3. The number of hydrogen-bond acceptors (Lipinski definition) is 8. The standard InChI is InChI=1S/C30H34N6O2Si/c1-19-23(17-37)11-20(15-31)12-26(19)36-28-33-10-7-25(35-28)21-13-22(16-32)27-24(14-21)30(4,18-34-27)9-8-29(2,3)39(5,6)38/h7,10-14,17,34,38H,8-9,18H2,1-6H3,(H,33,35,36)/t30-/m0/s1. The Labute approximate surface area is 230 Å². The molecule has 0 aliphatic carbocycles. The molecule has 1 aromatic heterocycles. The molecule has 0 amide bonds. The molecule has 0 saturated carbocycles. The molecule has 0 bridgehead atoms. The summed E-state index contributed by atoms with van der Waals surface area (Å²) in [6, 6.07) is 13.4. The normalized spacial score (nSPS) is 16.5. The lowest BCUT2D eigenvalue weighted by Gasteiger charge is -2.38.